The fraction of sp³-hybridized carbons (Fsp3) is 0.217. The lowest BCUT2D eigenvalue weighted by Gasteiger charge is -2.27. The molecular formula is C23H19F3N8O. The van der Waals surface area contributed by atoms with Crippen LogP contribution in [0.15, 0.2) is 42.7 Å². The number of fused-ring (bicyclic) bond motifs is 2. The largest absolute Gasteiger partial charge is 0.378 e. The predicted octanol–water partition coefficient (Wildman–Crippen LogP) is 3.56. The maximum absolute atomic E-state index is 14.1. The Hall–Kier alpha value is -4.19. The zero-order chi connectivity index (χ0) is 23.9. The summed E-state index contributed by atoms with van der Waals surface area (Å²) in [6, 6.07) is 8.51. The molecule has 3 aromatic heterocycles. The number of halogens is 3. The van der Waals surface area contributed by atoms with Crippen molar-refractivity contribution in [3.8, 4) is 5.69 Å². The van der Waals surface area contributed by atoms with Gasteiger partial charge in [-0.1, -0.05) is 0 Å². The molecule has 0 atom stereocenters. The molecule has 4 heterocycles. The predicted molar refractivity (Wildman–Crippen MR) is 123 cm³/mol. The molecule has 12 heteroatoms. The minimum Gasteiger partial charge on any atom is -0.378 e. The molecule has 1 aliphatic rings. The highest BCUT2D eigenvalue weighted by Gasteiger charge is 2.20. The third-order valence-corrected chi connectivity index (χ3v) is 5.80. The van der Waals surface area contributed by atoms with Gasteiger partial charge < -0.3 is 19.9 Å². The van der Waals surface area contributed by atoms with Crippen LogP contribution < -0.4 is 10.2 Å². The van der Waals surface area contributed by atoms with Crippen LogP contribution in [0.5, 0.6) is 0 Å². The summed E-state index contributed by atoms with van der Waals surface area (Å²) in [7, 11) is 0. The van der Waals surface area contributed by atoms with Crippen molar-refractivity contribution in [2.45, 2.75) is 6.54 Å². The van der Waals surface area contributed by atoms with Crippen molar-refractivity contribution in [2.24, 2.45) is 0 Å². The summed E-state index contributed by atoms with van der Waals surface area (Å²) in [6.45, 7) is 2.53. The van der Waals surface area contributed by atoms with E-state index < -0.39 is 11.6 Å². The van der Waals surface area contributed by atoms with Gasteiger partial charge in [-0.3, -0.25) is 4.57 Å². The Labute approximate surface area is 196 Å². The lowest BCUT2D eigenvalue weighted by molar-refractivity contribution is 0.122. The highest BCUT2D eigenvalue weighted by atomic mass is 19.2. The fourth-order valence-corrected chi connectivity index (χ4v) is 4.03. The first-order valence-corrected chi connectivity index (χ1v) is 11.0. The minimum atomic E-state index is -0.998. The van der Waals surface area contributed by atoms with Crippen LogP contribution in [-0.2, 0) is 11.3 Å². The summed E-state index contributed by atoms with van der Waals surface area (Å²) >= 11 is 0. The summed E-state index contributed by atoms with van der Waals surface area (Å²) in [5.74, 6) is -0.951. The monoisotopic (exact) mass is 480 g/mol. The van der Waals surface area contributed by atoms with E-state index in [1.54, 1.807) is 23.0 Å². The first-order valence-electron chi connectivity index (χ1n) is 11.0. The number of aromatic amines is 1. The van der Waals surface area contributed by atoms with Gasteiger partial charge >= 0.3 is 0 Å². The molecule has 0 saturated carbocycles. The second-order valence-corrected chi connectivity index (χ2v) is 8.03. The number of hydrogen-bond donors (Lipinski definition) is 2. The maximum atomic E-state index is 14.1. The number of nitrogens with one attached hydrogen (secondary N) is 2. The van der Waals surface area contributed by atoms with Crippen molar-refractivity contribution < 1.29 is 17.9 Å². The maximum Gasteiger partial charge on any atom is 0.229 e. The molecule has 5 aromatic rings. The van der Waals surface area contributed by atoms with Gasteiger partial charge in [0.15, 0.2) is 28.6 Å². The number of rotatable bonds is 5. The smallest absolute Gasteiger partial charge is 0.229 e. The first-order chi connectivity index (χ1) is 17.1. The van der Waals surface area contributed by atoms with Gasteiger partial charge in [0.05, 0.1) is 25.3 Å². The third kappa shape index (κ3) is 3.91. The van der Waals surface area contributed by atoms with Crippen LogP contribution in [0.4, 0.5) is 24.9 Å². The molecule has 2 N–H and O–H groups in total. The Kier molecular flexibility index (Phi) is 5.21. The van der Waals surface area contributed by atoms with E-state index >= 15 is 0 Å². The molecule has 0 bridgehead atoms. The summed E-state index contributed by atoms with van der Waals surface area (Å²) in [6.07, 6.45) is 1.60. The van der Waals surface area contributed by atoms with Crippen LogP contribution in [0.1, 0.15) is 5.82 Å². The summed E-state index contributed by atoms with van der Waals surface area (Å²) in [5.41, 5.74) is 2.06. The minimum absolute atomic E-state index is 0.0655. The Balaban J connectivity index is 1.39. The number of H-pyrrole nitrogens is 1. The van der Waals surface area contributed by atoms with Crippen LogP contribution in [0, 0.1) is 17.5 Å². The highest BCUT2D eigenvalue weighted by Crippen LogP contribution is 2.26. The number of aromatic nitrogens is 6. The third-order valence-electron chi connectivity index (χ3n) is 5.80. The standard InChI is InChI=1S/C23H19F3N8O/c24-13-1-3-14(4-2-13)34-12-28-20-21(31-23(32-22(20)34)33-7-9-35-10-8-33)27-11-17-29-16-6-5-15(25)18(26)19(16)30-17/h1-6,12H,7-11H2,(H,29,30)(H,27,31,32). The van der Waals surface area contributed by atoms with Crippen molar-refractivity contribution in [1.82, 2.24) is 29.5 Å². The van der Waals surface area contributed by atoms with Gasteiger partial charge in [-0.2, -0.15) is 9.97 Å². The molecule has 0 unspecified atom stereocenters. The molecule has 1 aliphatic heterocycles. The van der Waals surface area contributed by atoms with Crippen molar-refractivity contribution in [3.05, 3.63) is 66.0 Å². The number of ether oxygens (including phenoxy) is 1. The Morgan fingerprint density at radius 3 is 2.54 bits per heavy atom. The fourth-order valence-electron chi connectivity index (χ4n) is 4.03. The molecule has 6 rings (SSSR count). The molecule has 1 saturated heterocycles. The van der Waals surface area contributed by atoms with Crippen molar-refractivity contribution in [3.63, 3.8) is 0 Å². The normalized spacial score (nSPS) is 14.2. The van der Waals surface area contributed by atoms with Gasteiger partial charge in [-0.15, -0.1) is 0 Å². The van der Waals surface area contributed by atoms with E-state index in [2.05, 4.69) is 25.3 Å². The SMILES string of the molecule is Fc1ccc(-n2cnc3c(NCc4nc5c(F)c(F)ccc5[nH]4)nc(N4CCOCC4)nc32)cc1. The number of hydrogen-bond acceptors (Lipinski definition) is 7. The summed E-state index contributed by atoms with van der Waals surface area (Å²) in [4.78, 5) is 23.1. The van der Waals surface area contributed by atoms with Gasteiger partial charge in [0, 0.05) is 18.8 Å². The van der Waals surface area contributed by atoms with Crippen LogP contribution in [0.3, 0.4) is 0 Å². The molecule has 0 spiro atoms. The Bertz CT molecular complexity index is 1530. The lowest BCUT2D eigenvalue weighted by Crippen LogP contribution is -2.37. The Morgan fingerprint density at radius 1 is 0.943 bits per heavy atom. The molecular weight excluding hydrogens is 461 g/mol. The molecule has 9 nitrogen and oxygen atoms in total. The summed E-state index contributed by atoms with van der Waals surface area (Å²) < 4.78 is 48.3. The van der Waals surface area contributed by atoms with Gasteiger partial charge in [0.2, 0.25) is 5.95 Å². The first kappa shape index (κ1) is 21.4. The van der Waals surface area contributed by atoms with Crippen LogP contribution in [0.2, 0.25) is 0 Å². The number of morpholine rings is 1. The topological polar surface area (TPSA) is 96.8 Å². The van der Waals surface area contributed by atoms with Crippen molar-refractivity contribution in [2.75, 3.05) is 36.5 Å². The van der Waals surface area contributed by atoms with Crippen molar-refractivity contribution >= 4 is 34.0 Å². The van der Waals surface area contributed by atoms with E-state index in [9.17, 15) is 13.2 Å². The number of anilines is 2. The molecule has 0 amide bonds. The zero-order valence-electron chi connectivity index (χ0n) is 18.3. The van der Waals surface area contributed by atoms with Crippen LogP contribution >= 0.6 is 0 Å². The second-order valence-electron chi connectivity index (χ2n) is 8.03. The van der Waals surface area contributed by atoms with Crippen LogP contribution in [-0.4, -0.2) is 55.8 Å². The highest BCUT2D eigenvalue weighted by molar-refractivity contribution is 5.85. The van der Waals surface area contributed by atoms with Crippen LogP contribution in [0.25, 0.3) is 27.9 Å². The number of benzene rings is 2. The van der Waals surface area contributed by atoms with Crippen molar-refractivity contribution in [1.29, 1.82) is 0 Å². The Morgan fingerprint density at radius 2 is 1.74 bits per heavy atom. The lowest BCUT2D eigenvalue weighted by atomic mass is 10.3. The van der Waals surface area contributed by atoms with Gasteiger partial charge in [0.25, 0.3) is 0 Å². The van der Waals surface area contributed by atoms with E-state index in [-0.39, 0.29) is 17.9 Å². The average molecular weight is 480 g/mol. The van der Waals surface area contributed by atoms with E-state index in [4.69, 9.17) is 9.72 Å². The molecule has 1 fully saturated rings. The molecule has 0 aliphatic carbocycles. The van der Waals surface area contributed by atoms with E-state index in [0.29, 0.717) is 66.3 Å². The molecule has 178 valence electrons. The van der Waals surface area contributed by atoms with E-state index in [1.807, 2.05) is 4.90 Å². The van der Waals surface area contributed by atoms with Gasteiger partial charge in [-0.25, -0.2) is 23.1 Å². The number of nitrogens with zero attached hydrogens (tertiary/aromatic N) is 6. The number of imidazole rings is 2. The van der Waals surface area contributed by atoms with Gasteiger partial charge in [0.1, 0.15) is 23.5 Å². The second kappa shape index (κ2) is 8.55. The zero-order valence-corrected chi connectivity index (χ0v) is 18.3. The molecule has 2 aromatic carbocycles. The van der Waals surface area contributed by atoms with Gasteiger partial charge in [-0.05, 0) is 36.4 Å². The van der Waals surface area contributed by atoms with E-state index in [1.165, 1.54) is 18.2 Å². The van der Waals surface area contributed by atoms with E-state index in [0.717, 1.165) is 6.07 Å². The molecule has 35 heavy (non-hydrogen) atoms. The summed E-state index contributed by atoms with van der Waals surface area (Å²) in [5, 5.41) is 3.20. The quantitative estimate of drug-likeness (QED) is 0.397. The average Bonchev–Trinajstić information content (AvgIpc) is 3.51. The molecule has 0 radical (unpaired) electrons.